The smallest absolute Gasteiger partial charge is 0.123 e. The lowest BCUT2D eigenvalue weighted by molar-refractivity contribution is -0.135. The fourth-order valence-electron chi connectivity index (χ4n) is 3.58. The van der Waals surface area contributed by atoms with Crippen LogP contribution in [-0.2, 0) is 16.0 Å². The van der Waals surface area contributed by atoms with Gasteiger partial charge in [-0.1, -0.05) is 0 Å². The largest absolute Gasteiger partial charge is 0.377 e. The number of nitrogens with one attached hydrogen (secondary N) is 1. The first-order valence-corrected chi connectivity index (χ1v) is 8.67. The van der Waals surface area contributed by atoms with Gasteiger partial charge >= 0.3 is 0 Å². The fourth-order valence-corrected chi connectivity index (χ4v) is 3.58. The normalized spacial score (nSPS) is 25.2. The van der Waals surface area contributed by atoms with E-state index in [1.54, 1.807) is 23.0 Å². The maximum Gasteiger partial charge on any atom is 0.123 e. The molecule has 4 rings (SSSR count). The van der Waals surface area contributed by atoms with Crippen molar-refractivity contribution in [2.75, 3.05) is 46.0 Å². The SMILES string of the molecule is Fc1ccc(-n2cccn2)c(CN2CCOC3(CNCCOC3)C2)c1. The van der Waals surface area contributed by atoms with Crippen LogP contribution in [0.3, 0.4) is 0 Å². The second-order valence-electron chi connectivity index (χ2n) is 6.70. The Hall–Kier alpha value is -1.80. The van der Waals surface area contributed by atoms with Crippen LogP contribution in [0, 0.1) is 5.82 Å². The average molecular weight is 346 g/mol. The third kappa shape index (κ3) is 3.74. The summed E-state index contributed by atoms with van der Waals surface area (Å²) in [5.41, 5.74) is 1.50. The molecule has 134 valence electrons. The van der Waals surface area contributed by atoms with Gasteiger partial charge in [0.25, 0.3) is 0 Å². The molecule has 3 heterocycles. The minimum Gasteiger partial charge on any atom is -0.377 e. The van der Waals surface area contributed by atoms with E-state index in [1.165, 1.54) is 6.07 Å². The second kappa shape index (κ2) is 7.21. The van der Waals surface area contributed by atoms with E-state index in [4.69, 9.17) is 9.47 Å². The number of rotatable bonds is 3. The second-order valence-corrected chi connectivity index (χ2v) is 6.70. The molecular weight excluding hydrogens is 323 g/mol. The quantitative estimate of drug-likeness (QED) is 0.905. The molecule has 0 bridgehead atoms. The Labute approximate surface area is 146 Å². The summed E-state index contributed by atoms with van der Waals surface area (Å²) >= 11 is 0. The Morgan fingerprint density at radius 1 is 1.32 bits per heavy atom. The maximum atomic E-state index is 13.8. The molecule has 2 aliphatic heterocycles. The molecule has 1 spiro atoms. The number of benzene rings is 1. The fraction of sp³-hybridized carbons (Fsp3) is 0.500. The van der Waals surface area contributed by atoms with Gasteiger partial charge in [0.15, 0.2) is 0 Å². The van der Waals surface area contributed by atoms with Crippen LogP contribution < -0.4 is 5.32 Å². The number of morpholine rings is 1. The van der Waals surface area contributed by atoms with Crippen LogP contribution in [0.5, 0.6) is 0 Å². The molecule has 1 aromatic heterocycles. The van der Waals surface area contributed by atoms with Crippen molar-refractivity contribution in [1.29, 1.82) is 0 Å². The van der Waals surface area contributed by atoms with Gasteiger partial charge in [0.1, 0.15) is 11.4 Å². The molecule has 1 N–H and O–H groups in total. The molecule has 1 unspecified atom stereocenters. The third-order valence-electron chi connectivity index (χ3n) is 4.75. The Balaban J connectivity index is 1.54. The van der Waals surface area contributed by atoms with E-state index in [1.807, 2.05) is 12.3 Å². The predicted molar refractivity (Wildman–Crippen MR) is 91.2 cm³/mol. The van der Waals surface area contributed by atoms with Gasteiger partial charge < -0.3 is 14.8 Å². The first kappa shape index (κ1) is 16.7. The number of nitrogens with zero attached hydrogens (tertiary/aromatic N) is 3. The van der Waals surface area contributed by atoms with Crippen LogP contribution in [0.2, 0.25) is 0 Å². The standard InChI is InChI=1S/C18H23FN4O2/c19-16-2-3-17(23-6-1-4-21-23)15(10-16)11-22-7-9-25-18(13-22)12-20-5-8-24-14-18/h1-4,6,10,20H,5,7-9,11-14H2. The van der Waals surface area contributed by atoms with E-state index in [2.05, 4.69) is 15.3 Å². The van der Waals surface area contributed by atoms with E-state index in [0.717, 1.165) is 37.4 Å². The molecule has 0 aliphatic carbocycles. The lowest BCUT2D eigenvalue weighted by Crippen LogP contribution is -2.57. The van der Waals surface area contributed by atoms with Gasteiger partial charge in [-0.25, -0.2) is 9.07 Å². The summed E-state index contributed by atoms with van der Waals surface area (Å²) in [6.45, 7) is 5.79. The van der Waals surface area contributed by atoms with Gasteiger partial charge in [-0.05, 0) is 29.8 Å². The average Bonchev–Trinajstić information content (AvgIpc) is 3.04. The topological polar surface area (TPSA) is 51.5 Å². The zero-order valence-corrected chi connectivity index (χ0v) is 14.2. The minimum absolute atomic E-state index is 0.228. The molecule has 2 fully saturated rings. The molecule has 25 heavy (non-hydrogen) atoms. The molecule has 1 atom stereocenters. The lowest BCUT2D eigenvalue weighted by Gasteiger charge is -2.42. The van der Waals surface area contributed by atoms with Crippen molar-refractivity contribution in [2.45, 2.75) is 12.1 Å². The van der Waals surface area contributed by atoms with E-state index in [-0.39, 0.29) is 11.4 Å². The van der Waals surface area contributed by atoms with E-state index in [0.29, 0.717) is 26.4 Å². The highest BCUT2D eigenvalue weighted by Crippen LogP contribution is 2.23. The lowest BCUT2D eigenvalue weighted by atomic mass is 10.0. The summed E-state index contributed by atoms with van der Waals surface area (Å²) in [5.74, 6) is -0.228. The number of ether oxygens (including phenoxy) is 2. The Kier molecular flexibility index (Phi) is 4.80. The number of hydrogen-bond donors (Lipinski definition) is 1. The molecule has 2 aromatic rings. The minimum atomic E-state index is -0.325. The van der Waals surface area contributed by atoms with Gasteiger partial charge in [0, 0.05) is 45.1 Å². The van der Waals surface area contributed by atoms with Gasteiger partial charge in [-0.2, -0.15) is 5.10 Å². The van der Waals surface area contributed by atoms with Gasteiger partial charge in [0.05, 0.1) is 25.5 Å². The highest BCUT2D eigenvalue weighted by Gasteiger charge is 2.38. The molecule has 2 aliphatic rings. The van der Waals surface area contributed by atoms with Crippen LogP contribution >= 0.6 is 0 Å². The molecular formula is C18H23FN4O2. The molecule has 0 amide bonds. The first-order valence-electron chi connectivity index (χ1n) is 8.67. The van der Waals surface area contributed by atoms with Crippen molar-refractivity contribution in [3.63, 3.8) is 0 Å². The molecule has 6 nitrogen and oxygen atoms in total. The van der Waals surface area contributed by atoms with E-state index >= 15 is 0 Å². The summed E-state index contributed by atoms with van der Waals surface area (Å²) in [6.07, 6.45) is 3.60. The van der Waals surface area contributed by atoms with Crippen molar-refractivity contribution in [3.8, 4) is 5.69 Å². The van der Waals surface area contributed by atoms with Crippen LogP contribution in [0.25, 0.3) is 5.69 Å². The van der Waals surface area contributed by atoms with Gasteiger partial charge in [-0.15, -0.1) is 0 Å². The summed E-state index contributed by atoms with van der Waals surface area (Å²) in [6, 6.07) is 6.72. The summed E-state index contributed by atoms with van der Waals surface area (Å²) in [7, 11) is 0. The molecule has 0 radical (unpaired) electrons. The van der Waals surface area contributed by atoms with E-state index < -0.39 is 0 Å². The first-order chi connectivity index (χ1) is 12.2. The van der Waals surface area contributed by atoms with Crippen molar-refractivity contribution in [3.05, 3.63) is 48.0 Å². The van der Waals surface area contributed by atoms with Crippen molar-refractivity contribution >= 4 is 0 Å². The van der Waals surface area contributed by atoms with Gasteiger partial charge in [0.2, 0.25) is 0 Å². The van der Waals surface area contributed by atoms with Gasteiger partial charge in [-0.3, -0.25) is 4.90 Å². The number of hydrogen-bond acceptors (Lipinski definition) is 5. The molecule has 7 heteroatoms. The molecule has 0 saturated carbocycles. The summed E-state index contributed by atoms with van der Waals surface area (Å²) < 4.78 is 27.4. The van der Waals surface area contributed by atoms with Crippen molar-refractivity contribution in [1.82, 2.24) is 20.0 Å². The molecule has 1 aromatic carbocycles. The van der Waals surface area contributed by atoms with Crippen LogP contribution in [0.4, 0.5) is 4.39 Å². The van der Waals surface area contributed by atoms with Crippen molar-refractivity contribution in [2.24, 2.45) is 0 Å². The zero-order chi connectivity index (χ0) is 17.1. The highest BCUT2D eigenvalue weighted by atomic mass is 19.1. The summed E-state index contributed by atoms with van der Waals surface area (Å²) in [4.78, 5) is 2.31. The van der Waals surface area contributed by atoms with Crippen LogP contribution in [0.15, 0.2) is 36.7 Å². The van der Waals surface area contributed by atoms with Crippen LogP contribution in [0.1, 0.15) is 5.56 Å². The zero-order valence-electron chi connectivity index (χ0n) is 14.2. The molecule has 2 saturated heterocycles. The number of halogens is 1. The number of aromatic nitrogens is 2. The van der Waals surface area contributed by atoms with E-state index in [9.17, 15) is 4.39 Å². The summed E-state index contributed by atoms with van der Waals surface area (Å²) in [5, 5.41) is 7.67. The highest BCUT2D eigenvalue weighted by molar-refractivity contribution is 5.40. The Morgan fingerprint density at radius 2 is 2.28 bits per heavy atom. The third-order valence-corrected chi connectivity index (χ3v) is 4.75. The van der Waals surface area contributed by atoms with Crippen molar-refractivity contribution < 1.29 is 13.9 Å². The maximum absolute atomic E-state index is 13.8. The monoisotopic (exact) mass is 346 g/mol. The van der Waals surface area contributed by atoms with Crippen LogP contribution in [-0.4, -0.2) is 66.3 Å². The predicted octanol–water partition coefficient (Wildman–Crippen LogP) is 1.20. The Bertz CT molecular complexity index is 699. The Morgan fingerprint density at radius 3 is 3.16 bits per heavy atom.